The fraction of sp³-hybridized carbons (Fsp3) is 0.739. The maximum absolute atomic E-state index is 5.93. The van der Waals surface area contributed by atoms with Crippen LogP contribution in [0.1, 0.15) is 47.0 Å². The van der Waals surface area contributed by atoms with Gasteiger partial charge in [-0.3, -0.25) is 0 Å². The number of hydrogen-bond acceptors (Lipinski definition) is 2. The van der Waals surface area contributed by atoms with Crippen molar-refractivity contribution in [2.45, 2.75) is 84.5 Å². The molecule has 1 saturated carbocycles. The maximum atomic E-state index is 5.93. The largest absolute Gasteiger partial charge is 0.342 e. The van der Waals surface area contributed by atoms with Crippen molar-refractivity contribution in [1.29, 1.82) is 0 Å². The van der Waals surface area contributed by atoms with Crippen LogP contribution in [-0.2, 0) is 9.47 Å². The minimum Gasteiger partial charge on any atom is -0.342 e. The lowest BCUT2D eigenvalue weighted by molar-refractivity contribution is -0.150. The quantitative estimate of drug-likeness (QED) is 0.204. The van der Waals surface area contributed by atoms with E-state index in [4.69, 9.17) is 9.47 Å². The van der Waals surface area contributed by atoms with Crippen LogP contribution in [0.15, 0.2) is 24.8 Å². The molecule has 148 valence electrons. The lowest BCUT2D eigenvalue weighted by atomic mass is 9.84. The SMILES string of the molecule is C=CC(C)(C)OC(C#CC[C@H]1[C@H](C)CC[C@H]1C(=C)C[Si](C)(C)C)OCC. The Morgan fingerprint density at radius 2 is 1.96 bits per heavy atom. The molecule has 0 aromatic heterocycles. The van der Waals surface area contributed by atoms with E-state index >= 15 is 0 Å². The highest BCUT2D eigenvalue weighted by Gasteiger charge is 2.35. The van der Waals surface area contributed by atoms with Gasteiger partial charge in [-0.2, -0.15) is 0 Å². The molecule has 0 heterocycles. The summed E-state index contributed by atoms with van der Waals surface area (Å²) in [6.45, 7) is 24.4. The van der Waals surface area contributed by atoms with Gasteiger partial charge in [-0.1, -0.05) is 50.7 Å². The smallest absolute Gasteiger partial charge is 0.223 e. The first kappa shape index (κ1) is 23.2. The molecule has 0 saturated heterocycles. The number of ether oxygens (including phenoxy) is 2. The van der Waals surface area contributed by atoms with Crippen molar-refractivity contribution >= 4 is 8.07 Å². The topological polar surface area (TPSA) is 18.5 Å². The highest BCUT2D eigenvalue weighted by Crippen LogP contribution is 2.44. The molecule has 0 aromatic carbocycles. The van der Waals surface area contributed by atoms with Crippen LogP contribution >= 0.6 is 0 Å². The first-order valence-electron chi connectivity index (χ1n) is 10.1. The average molecular weight is 377 g/mol. The van der Waals surface area contributed by atoms with Gasteiger partial charge in [0.05, 0.1) is 5.60 Å². The zero-order valence-electron chi connectivity index (χ0n) is 18.2. The van der Waals surface area contributed by atoms with E-state index in [0.29, 0.717) is 24.4 Å². The van der Waals surface area contributed by atoms with Crippen molar-refractivity contribution < 1.29 is 9.47 Å². The lowest BCUT2D eigenvalue weighted by Crippen LogP contribution is -2.29. The molecule has 0 bridgehead atoms. The third kappa shape index (κ3) is 7.82. The molecule has 26 heavy (non-hydrogen) atoms. The Hall–Kier alpha value is -0.823. The Morgan fingerprint density at radius 3 is 2.50 bits per heavy atom. The van der Waals surface area contributed by atoms with Crippen LogP contribution in [0.5, 0.6) is 0 Å². The molecule has 0 amide bonds. The molecular formula is C23H40O2Si. The summed E-state index contributed by atoms with van der Waals surface area (Å²) in [6.07, 6.45) is 4.75. The molecule has 0 N–H and O–H groups in total. The monoisotopic (exact) mass is 376 g/mol. The Kier molecular flexibility index (Phi) is 8.86. The molecule has 3 heteroatoms. The van der Waals surface area contributed by atoms with E-state index in [0.717, 1.165) is 6.42 Å². The number of hydrogen-bond donors (Lipinski definition) is 0. The highest BCUT2D eigenvalue weighted by atomic mass is 28.3. The third-order valence-corrected chi connectivity index (χ3v) is 6.76. The summed E-state index contributed by atoms with van der Waals surface area (Å²) in [6, 6.07) is 1.23. The Labute approximate surface area is 163 Å². The molecule has 1 fully saturated rings. The van der Waals surface area contributed by atoms with Crippen molar-refractivity contribution in [2.24, 2.45) is 17.8 Å². The first-order chi connectivity index (χ1) is 12.0. The number of rotatable bonds is 9. The van der Waals surface area contributed by atoms with Crippen LogP contribution in [0.3, 0.4) is 0 Å². The van der Waals surface area contributed by atoms with Crippen molar-refractivity contribution in [3.05, 3.63) is 24.8 Å². The number of allylic oxidation sites excluding steroid dienone is 1. The molecule has 0 radical (unpaired) electrons. The van der Waals surface area contributed by atoms with Gasteiger partial charge in [0.15, 0.2) is 0 Å². The second kappa shape index (κ2) is 9.92. The zero-order valence-corrected chi connectivity index (χ0v) is 19.2. The summed E-state index contributed by atoms with van der Waals surface area (Å²) in [5.41, 5.74) is 1.02. The summed E-state index contributed by atoms with van der Waals surface area (Å²) < 4.78 is 11.6. The van der Waals surface area contributed by atoms with Crippen LogP contribution in [0, 0.1) is 29.6 Å². The van der Waals surface area contributed by atoms with E-state index in [9.17, 15) is 0 Å². The lowest BCUT2D eigenvalue weighted by Gasteiger charge is -2.27. The minimum absolute atomic E-state index is 0.441. The van der Waals surface area contributed by atoms with Gasteiger partial charge in [0.2, 0.25) is 6.29 Å². The fourth-order valence-electron chi connectivity index (χ4n) is 3.77. The summed E-state index contributed by atoms with van der Waals surface area (Å²) in [7, 11) is -1.12. The molecule has 2 nitrogen and oxygen atoms in total. The molecule has 1 unspecified atom stereocenters. The van der Waals surface area contributed by atoms with E-state index in [-0.39, 0.29) is 0 Å². The van der Waals surface area contributed by atoms with Crippen LogP contribution in [0.25, 0.3) is 0 Å². The van der Waals surface area contributed by atoms with Gasteiger partial charge in [0, 0.05) is 21.1 Å². The van der Waals surface area contributed by atoms with E-state index < -0.39 is 20.0 Å². The standard InChI is InChI=1S/C23H40O2Si/c1-10-23(5,6)25-22(24-11-2)14-12-13-20-18(3)15-16-21(20)19(4)17-26(7,8)9/h10,18,20-22H,1,4,11,13,15-17H2,2-3,5-9H3/t18-,20+,21+,22?/m1/s1. The highest BCUT2D eigenvalue weighted by molar-refractivity contribution is 6.76. The van der Waals surface area contributed by atoms with Crippen LogP contribution in [-0.4, -0.2) is 26.6 Å². The van der Waals surface area contributed by atoms with Crippen molar-refractivity contribution in [1.82, 2.24) is 0 Å². The van der Waals surface area contributed by atoms with Crippen LogP contribution in [0.2, 0.25) is 25.7 Å². The van der Waals surface area contributed by atoms with Crippen LogP contribution < -0.4 is 0 Å². The molecule has 0 aromatic rings. The minimum atomic E-state index is -1.12. The molecule has 1 aliphatic carbocycles. The summed E-state index contributed by atoms with van der Waals surface area (Å²) in [5, 5.41) is 0. The average Bonchev–Trinajstić information content (AvgIpc) is 2.87. The van der Waals surface area contributed by atoms with Crippen molar-refractivity contribution in [3.63, 3.8) is 0 Å². The van der Waals surface area contributed by atoms with Crippen molar-refractivity contribution in [3.8, 4) is 11.8 Å². The molecule has 4 atom stereocenters. The predicted octanol–water partition coefficient (Wildman–Crippen LogP) is 6.28. The molecular weight excluding hydrogens is 336 g/mol. The van der Waals surface area contributed by atoms with Gasteiger partial charge in [0.25, 0.3) is 0 Å². The van der Waals surface area contributed by atoms with E-state index in [2.05, 4.69) is 51.6 Å². The maximum Gasteiger partial charge on any atom is 0.223 e. The second-order valence-corrected chi connectivity index (χ2v) is 14.9. The summed E-state index contributed by atoms with van der Waals surface area (Å²) >= 11 is 0. The van der Waals surface area contributed by atoms with Crippen LogP contribution in [0.4, 0.5) is 0 Å². The normalized spacial score (nSPS) is 24.7. The molecule has 0 aliphatic heterocycles. The van der Waals surface area contributed by atoms with E-state index in [1.54, 1.807) is 6.08 Å². The van der Waals surface area contributed by atoms with Gasteiger partial charge in [0.1, 0.15) is 0 Å². The van der Waals surface area contributed by atoms with Gasteiger partial charge < -0.3 is 9.47 Å². The molecule has 1 rings (SSSR count). The van der Waals surface area contributed by atoms with Gasteiger partial charge in [-0.15, -0.1) is 6.58 Å². The summed E-state index contributed by atoms with van der Waals surface area (Å²) in [4.78, 5) is 0. The summed E-state index contributed by atoms with van der Waals surface area (Å²) in [5.74, 6) is 8.53. The van der Waals surface area contributed by atoms with Gasteiger partial charge in [-0.05, 0) is 63.3 Å². The molecule has 1 aliphatic rings. The fourth-order valence-corrected chi connectivity index (χ4v) is 5.39. The van der Waals surface area contributed by atoms with Gasteiger partial charge in [-0.25, -0.2) is 0 Å². The van der Waals surface area contributed by atoms with Crippen molar-refractivity contribution in [2.75, 3.05) is 6.61 Å². The Bertz CT molecular complexity index is 533. The molecule has 0 spiro atoms. The van der Waals surface area contributed by atoms with E-state index in [1.807, 2.05) is 20.8 Å². The Balaban J connectivity index is 2.77. The third-order valence-electron chi connectivity index (χ3n) is 5.24. The first-order valence-corrected chi connectivity index (χ1v) is 13.8. The van der Waals surface area contributed by atoms with Gasteiger partial charge >= 0.3 is 0 Å². The van der Waals surface area contributed by atoms with E-state index in [1.165, 1.54) is 24.5 Å². The second-order valence-electron chi connectivity index (χ2n) is 9.46. The Morgan fingerprint density at radius 1 is 1.31 bits per heavy atom. The zero-order chi connectivity index (χ0) is 20.0. The predicted molar refractivity (Wildman–Crippen MR) is 116 cm³/mol.